The van der Waals surface area contributed by atoms with E-state index in [2.05, 4.69) is 53.7 Å². The molecule has 0 amide bonds. The maximum absolute atomic E-state index is 10.9. The highest BCUT2D eigenvalue weighted by Crippen LogP contribution is 2.34. The molecule has 1 rings (SSSR count). The SMILES string of the molecule is CCOC1=C(C)C(C)CC=C1CCC(C)CCCC(C)CCC/C(C)=C/CCC(C)C(=O)O. The molecule has 0 aromatic rings. The first-order chi connectivity index (χ1) is 15.6. The maximum atomic E-state index is 10.9. The normalized spacial score (nSPS) is 19.8. The van der Waals surface area contributed by atoms with Crippen molar-refractivity contribution in [2.75, 3.05) is 6.61 Å². The first-order valence-corrected chi connectivity index (χ1v) is 13.6. The molecule has 0 fully saturated rings. The summed E-state index contributed by atoms with van der Waals surface area (Å²) in [6, 6.07) is 0. The molecule has 3 nitrogen and oxygen atoms in total. The molecule has 0 aliphatic heterocycles. The van der Waals surface area contributed by atoms with E-state index in [1.807, 2.05) is 0 Å². The van der Waals surface area contributed by atoms with Gasteiger partial charge in [-0.2, -0.15) is 0 Å². The van der Waals surface area contributed by atoms with Crippen molar-refractivity contribution < 1.29 is 14.6 Å². The molecule has 0 spiro atoms. The van der Waals surface area contributed by atoms with Gasteiger partial charge in [0.25, 0.3) is 0 Å². The van der Waals surface area contributed by atoms with Crippen molar-refractivity contribution in [3.05, 3.63) is 34.6 Å². The number of carboxylic acids is 1. The molecule has 0 bridgehead atoms. The molecule has 0 saturated heterocycles. The molecule has 0 saturated carbocycles. The molecule has 1 aliphatic rings. The third-order valence-corrected chi connectivity index (χ3v) is 7.48. The van der Waals surface area contributed by atoms with E-state index >= 15 is 0 Å². The minimum Gasteiger partial charge on any atom is -0.494 e. The largest absolute Gasteiger partial charge is 0.494 e. The molecule has 0 aromatic carbocycles. The van der Waals surface area contributed by atoms with Crippen molar-refractivity contribution in [3.8, 4) is 0 Å². The minimum absolute atomic E-state index is 0.244. The highest BCUT2D eigenvalue weighted by Gasteiger charge is 2.20. The summed E-state index contributed by atoms with van der Waals surface area (Å²) < 4.78 is 6.00. The number of hydrogen-bond donors (Lipinski definition) is 1. The Bertz CT molecular complexity index is 670. The Morgan fingerprint density at radius 2 is 1.76 bits per heavy atom. The Morgan fingerprint density at radius 3 is 2.39 bits per heavy atom. The fourth-order valence-electron chi connectivity index (χ4n) is 4.67. The highest BCUT2D eigenvalue weighted by molar-refractivity contribution is 5.69. The van der Waals surface area contributed by atoms with Gasteiger partial charge < -0.3 is 9.84 Å². The van der Waals surface area contributed by atoms with Crippen LogP contribution >= 0.6 is 0 Å². The van der Waals surface area contributed by atoms with E-state index < -0.39 is 5.97 Å². The van der Waals surface area contributed by atoms with Crippen molar-refractivity contribution in [1.82, 2.24) is 0 Å². The van der Waals surface area contributed by atoms with Gasteiger partial charge in [-0.25, -0.2) is 0 Å². The second-order valence-electron chi connectivity index (χ2n) is 10.8. The first kappa shape index (κ1) is 29.5. The van der Waals surface area contributed by atoms with E-state index in [9.17, 15) is 4.79 Å². The third kappa shape index (κ3) is 12.0. The number of hydrogen-bond acceptors (Lipinski definition) is 2. The lowest BCUT2D eigenvalue weighted by molar-refractivity contribution is -0.141. The van der Waals surface area contributed by atoms with E-state index in [-0.39, 0.29) is 5.92 Å². The van der Waals surface area contributed by atoms with Crippen LogP contribution in [0.25, 0.3) is 0 Å². The van der Waals surface area contributed by atoms with Crippen LogP contribution in [0.2, 0.25) is 0 Å². The number of carboxylic acid groups (broad SMARTS) is 1. The van der Waals surface area contributed by atoms with Gasteiger partial charge in [0.1, 0.15) is 5.76 Å². The summed E-state index contributed by atoms with van der Waals surface area (Å²) in [4.78, 5) is 10.9. The molecule has 1 N–H and O–H groups in total. The van der Waals surface area contributed by atoms with Gasteiger partial charge in [0.15, 0.2) is 0 Å². The minimum atomic E-state index is -0.688. The fraction of sp³-hybridized carbons (Fsp3) is 0.767. The van der Waals surface area contributed by atoms with E-state index in [4.69, 9.17) is 9.84 Å². The fourth-order valence-corrected chi connectivity index (χ4v) is 4.67. The van der Waals surface area contributed by atoms with E-state index in [0.717, 1.165) is 50.5 Å². The topological polar surface area (TPSA) is 46.5 Å². The predicted octanol–water partition coefficient (Wildman–Crippen LogP) is 9.10. The number of carbonyl (C=O) groups is 1. The average molecular weight is 461 g/mol. The molecular formula is C30H52O3. The van der Waals surface area contributed by atoms with Gasteiger partial charge >= 0.3 is 5.97 Å². The molecular weight excluding hydrogens is 408 g/mol. The van der Waals surface area contributed by atoms with Crippen LogP contribution < -0.4 is 0 Å². The van der Waals surface area contributed by atoms with Crippen molar-refractivity contribution in [2.24, 2.45) is 23.7 Å². The first-order valence-electron chi connectivity index (χ1n) is 13.6. The van der Waals surface area contributed by atoms with Crippen LogP contribution in [0.15, 0.2) is 34.6 Å². The van der Waals surface area contributed by atoms with E-state index in [1.165, 1.54) is 61.0 Å². The van der Waals surface area contributed by atoms with Crippen molar-refractivity contribution in [2.45, 2.75) is 119 Å². The summed E-state index contributed by atoms with van der Waals surface area (Å²) in [6.07, 6.45) is 17.5. The van der Waals surface area contributed by atoms with Gasteiger partial charge in [0.05, 0.1) is 12.5 Å². The molecule has 3 heteroatoms. The number of aliphatic carboxylic acids is 1. The zero-order chi connectivity index (χ0) is 24.8. The standard InChI is InChI=1S/C30H52O3/c1-8-33-29-27(7)25(5)19-21-28(29)20-18-24(4)15-10-14-22(2)12-9-13-23(3)16-11-17-26(6)30(31)32/h16,21-22,24-26H,8-15,17-20H2,1-7H3,(H,31,32)/b23-16+. The zero-order valence-electron chi connectivity index (χ0n) is 22.7. The Morgan fingerprint density at radius 1 is 1.12 bits per heavy atom. The van der Waals surface area contributed by atoms with Crippen molar-refractivity contribution >= 4 is 5.97 Å². The molecule has 33 heavy (non-hydrogen) atoms. The lowest BCUT2D eigenvalue weighted by Crippen LogP contribution is -2.11. The van der Waals surface area contributed by atoms with Gasteiger partial charge in [0.2, 0.25) is 0 Å². The number of ether oxygens (including phenoxy) is 1. The summed E-state index contributed by atoms with van der Waals surface area (Å²) in [5, 5.41) is 8.96. The summed E-state index contributed by atoms with van der Waals surface area (Å²) in [6.45, 7) is 16.2. The van der Waals surface area contributed by atoms with Gasteiger partial charge in [-0.15, -0.1) is 0 Å². The molecule has 0 aromatic heterocycles. The quantitative estimate of drug-likeness (QED) is 0.220. The van der Waals surface area contributed by atoms with Crippen LogP contribution in [0, 0.1) is 23.7 Å². The Hall–Kier alpha value is -1.51. The maximum Gasteiger partial charge on any atom is 0.306 e. The summed E-state index contributed by atoms with van der Waals surface area (Å²) in [5.41, 5.74) is 4.28. The van der Waals surface area contributed by atoms with Gasteiger partial charge in [-0.1, -0.05) is 71.1 Å². The summed E-state index contributed by atoms with van der Waals surface area (Å²) in [7, 11) is 0. The summed E-state index contributed by atoms with van der Waals surface area (Å²) >= 11 is 0. The molecule has 0 heterocycles. The van der Waals surface area contributed by atoms with Crippen LogP contribution in [0.1, 0.15) is 119 Å². The third-order valence-electron chi connectivity index (χ3n) is 7.48. The monoisotopic (exact) mass is 460 g/mol. The molecule has 190 valence electrons. The predicted molar refractivity (Wildman–Crippen MR) is 141 cm³/mol. The summed E-state index contributed by atoms with van der Waals surface area (Å²) in [5.74, 6) is 2.40. The lowest BCUT2D eigenvalue weighted by Gasteiger charge is -2.25. The smallest absolute Gasteiger partial charge is 0.306 e. The average Bonchev–Trinajstić information content (AvgIpc) is 2.76. The van der Waals surface area contributed by atoms with Crippen molar-refractivity contribution in [1.29, 1.82) is 0 Å². The molecule has 4 unspecified atom stereocenters. The Kier molecular flexibility index (Phi) is 14.5. The second kappa shape index (κ2) is 16.2. The van der Waals surface area contributed by atoms with Gasteiger partial charge in [-0.05, 0) is 94.6 Å². The van der Waals surface area contributed by atoms with E-state index in [0.29, 0.717) is 5.92 Å². The van der Waals surface area contributed by atoms with Crippen LogP contribution in [0.5, 0.6) is 0 Å². The second-order valence-corrected chi connectivity index (χ2v) is 10.8. The number of allylic oxidation sites excluding steroid dienone is 5. The Balaban J connectivity index is 2.21. The lowest BCUT2D eigenvalue weighted by atomic mass is 9.86. The molecule has 1 aliphatic carbocycles. The van der Waals surface area contributed by atoms with Gasteiger partial charge in [0, 0.05) is 0 Å². The van der Waals surface area contributed by atoms with Crippen molar-refractivity contribution in [3.63, 3.8) is 0 Å². The molecule has 0 radical (unpaired) electrons. The van der Waals surface area contributed by atoms with Crippen LogP contribution in [0.3, 0.4) is 0 Å². The van der Waals surface area contributed by atoms with E-state index in [1.54, 1.807) is 6.92 Å². The zero-order valence-corrected chi connectivity index (χ0v) is 22.7. The Labute approximate surface area is 204 Å². The number of rotatable bonds is 17. The van der Waals surface area contributed by atoms with Crippen LogP contribution in [0.4, 0.5) is 0 Å². The van der Waals surface area contributed by atoms with Crippen LogP contribution in [-0.4, -0.2) is 17.7 Å². The molecule has 4 atom stereocenters. The van der Waals surface area contributed by atoms with Gasteiger partial charge in [-0.3, -0.25) is 4.79 Å². The highest BCUT2D eigenvalue weighted by atomic mass is 16.5. The van der Waals surface area contributed by atoms with Crippen LogP contribution in [-0.2, 0) is 9.53 Å².